The molecule has 6 nitrogen and oxygen atoms in total. The van der Waals surface area contributed by atoms with Gasteiger partial charge in [0.05, 0.1) is 4.92 Å². The Morgan fingerprint density at radius 2 is 1.67 bits per heavy atom. The van der Waals surface area contributed by atoms with Crippen molar-refractivity contribution in [3.63, 3.8) is 0 Å². The summed E-state index contributed by atoms with van der Waals surface area (Å²) in [5.74, 6) is 0. The van der Waals surface area contributed by atoms with E-state index >= 15 is 0 Å². The third-order valence-electron chi connectivity index (χ3n) is 5.38. The fourth-order valence-corrected chi connectivity index (χ4v) is 4.18. The Bertz CT molecular complexity index is 555. The van der Waals surface area contributed by atoms with Crippen LogP contribution in [-0.4, -0.2) is 55.1 Å². The van der Waals surface area contributed by atoms with Crippen LogP contribution in [0.2, 0.25) is 0 Å². The summed E-state index contributed by atoms with van der Waals surface area (Å²) in [6.45, 7) is 10.9. The van der Waals surface area contributed by atoms with Crippen molar-refractivity contribution >= 4 is 11.4 Å². The van der Waals surface area contributed by atoms with Crippen LogP contribution in [0.1, 0.15) is 26.7 Å². The molecule has 6 heteroatoms. The number of nitrogens with zero attached hydrogens (tertiary/aromatic N) is 3. The van der Waals surface area contributed by atoms with Crippen LogP contribution in [-0.2, 0) is 0 Å². The first-order valence-electron chi connectivity index (χ1n) is 9.09. The predicted molar refractivity (Wildman–Crippen MR) is 96.6 cm³/mol. The number of anilines is 1. The summed E-state index contributed by atoms with van der Waals surface area (Å²) >= 11 is 0. The van der Waals surface area contributed by atoms with Crippen LogP contribution in [0.3, 0.4) is 0 Å². The Hall–Kier alpha value is -1.66. The second kappa shape index (κ2) is 7.07. The number of hydrogen-bond acceptors (Lipinski definition) is 5. The van der Waals surface area contributed by atoms with E-state index in [0.29, 0.717) is 5.41 Å². The molecule has 0 aliphatic carbocycles. The minimum atomic E-state index is -0.343. The Morgan fingerprint density at radius 1 is 1.08 bits per heavy atom. The number of benzene rings is 1. The minimum absolute atomic E-state index is 0.166. The van der Waals surface area contributed by atoms with Gasteiger partial charge in [0.2, 0.25) is 0 Å². The van der Waals surface area contributed by atoms with Gasteiger partial charge in [-0.2, -0.15) is 0 Å². The van der Waals surface area contributed by atoms with Crippen molar-refractivity contribution in [3.8, 4) is 0 Å². The van der Waals surface area contributed by atoms with Crippen LogP contribution in [0.15, 0.2) is 24.3 Å². The summed E-state index contributed by atoms with van der Waals surface area (Å²) in [5, 5.41) is 14.1. The highest BCUT2D eigenvalue weighted by atomic mass is 16.6. The molecule has 3 saturated heterocycles. The Kier molecular flexibility index (Phi) is 5.06. The maximum Gasteiger partial charge on any atom is 0.269 e. The first kappa shape index (κ1) is 17.2. The van der Waals surface area contributed by atoms with E-state index in [9.17, 15) is 10.1 Å². The number of nitro groups is 1. The van der Waals surface area contributed by atoms with Crippen LogP contribution in [0.4, 0.5) is 11.4 Å². The highest BCUT2D eigenvalue weighted by Gasteiger charge is 2.53. The number of nitrogens with one attached hydrogen (secondary N) is 1. The van der Waals surface area contributed by atoms with E-state index in [1.54, 1.807) is 12.1 Å². The second-order valence-electron chi connectivity index (χ2n) is 7.02. The summed E-state index contributed by atoms with van der Waals surface area (Å²) in [6.07, 6.45) is 2.56. The molecular weight excluding hydrogens is 304 g/mol. The second-order valence-corrected chi connectivity index (χ2v) is 7.02. The third kappa shape index (κ3) is 3.26. The molecule has 3 aliphatic heterocycles. The minimum Gasteiger partial charge on any atom is -0.370 e. The average Bonchev–Trinajstić information content (AvgIpc) is 2.55. The maximum atomic E-state index is 10.7. The van der Waals surface area contributed by atoms with Gasteiger partial charge in [0.15, 0.2) is 0 Å². The average molecular weight is 332 g/mol. The molecule has 1 spiro atoms. The Morgan fingerprint density at radius 3 is 2.21 bits per heavy atom. The van der Waals surface area contributed by atoms with E-state index in [1.165, 1.54) is 25.9 Å². The Labute approximate surface area is 144 Å². The monoisotopic (exact) mass is 332 g/mol. The molecule has 0 saturated carbocycles. The van der Waals surface area contributed by atoms with Gasteiger partial charge in [-0.05, 0) is 38.1 Å². The third-order valence-corrected chi connectivity index (χ3v) is 5.38. The summed E-state index contributed by atoms with van der Waals surface area (Å²) in [6, 6.07) is 7.72. The van der Waals surface area contributed by atoms with Gasteiger partial charge in [-0.25, -0.2) is 0 Å². The largest absolute Gasteiger partial charge is 0.370 e. The quantitative estimate of drug-likeness (QED) is 0.681. The predicted octanol–water partition coefficient (Wildman–Crippen LogP) is 2.50. The van der Waals surface area contributed by atoms with E-state index in [0.717, 1.165) is 37.9 Å². The summed E-state index contributed by atoms with van der Waals surface area (Å²) < 4.78 is 0. The summed E-state index contributed by atoms with van der Waals surface area (Å²) in [5.41, 5.74) is 1.75. The van der Waals surface area contributed by atoms with E-state index in [-0.39, 0.29) is 10.6 Å². The molecule has 0 bridgehead atoms. The van der Waals surface area contributed by atoms with Crippen molar-refractivity contribution in [1.29, 1.82) is 0 Å². The smallest absolute Gasteiger partial charge is 0.269 e. The number of rotatable bonds is 3. The van der Waals surface area contributed by atoms with E-state index in [4.69, 9.17) is 0 Å². The van der Waals surface area contributed by atoms with Crippen molar-refractivity contribution < 1.29 is 4.92 Å². The van der Waals surface area contributed by atoms with Crippen molar-refractivity contribution in [3.05, 3.63) is 34.4 Å². The van der Waals surface area contributed by atoms with E-state index in [1.807, 2.05) is 26.0 Å². The molecule has 0 unspecified atom stereocenters. The van der Waals surface area contributed by atoms with Crippen LogP contribution < -0.4 is 10.2 Å². The number of likely N-dealkylation sites (tertiary alicyclic amines) is 1. The number of nitro benzene ring substituents is 1. The molecular formula is C18H28N4O2. The number of hydrogen-bond donors (Lipinski definition) is 1. The molecule has 132 valence electrons. The SMILES string of the molecule is CC.O=[N+]([O-])c1ccc(N2CC3(C2)CN(C2CCNCC2)C3)cc1. The first-order chi connectivity index (χ1) is 11.7. The van der Waals surface area contributed by atoms with Crippen LogP contribution in [0.5, 0.6) is 0 Å². The van der Waals surface area contributed by atoms with Gasteiger partial charge in [-0.3, -0.25) is 15.0 Å². The van der Waals surface area contributed by atoms with Crippen LogP contribution in [0.25, 0.3) is 0 Å². The lowest BCUT2D eigenvalue weighted by Crippen LogP contribution is -2.74. The molecule has 1 aromatic rings. The molecule has 3 heterocycles. The molecule has 0 atom stereocenters. The zero-order valence-electron chi connectivity index (χ0n) is 14.7. The molecule has 1 N–H and O–H groups in total. The summed E-state index contributed by atoms with van der Waals surface area (Å²) in [4.78, 5) is 15.3. The van der Waals surface area contributed by atoms with E-state index < -0.39 is 0 Å². The van der Waals surface area contributed by atoms with Crippen molar-refractivity contribution in [1.82, 2.24) is 10.2 Å². The van der Waals surface area contributed by atoms with Crippen molar-refractivity contribution in [2.45, 2.75) is 32.7 Å². The fourth-order valence-electron chi connectivity index (χ4n) is 4.18. The molecule has 0 radical (unpaired) electrons. The lowest BCUT2D eigenvalue weighted by molar-refractivity contribution is -0.384. The zero-order chi connectivity index (χ0) is 17.2. The van der Waals surface area contributed by atoms with Gasteiger partial charge in [0.1, 0.15) is 0 Å². The lowest BCUT2D eigenvalue weighted by atomic mass is 9.71. The molecule has 3 fully saturated rings. The fraction of sp³-hybridized carbons (Fsp3) is 0.667. The van der Waals surface area contributed by atoms with Crippen molar-refractivity contribution in [2.24, 2.45) is 5.41 Å². The highest BCUT2D eigenvalue weighted by Crippen LogP contribution is 2.43. The standard InChI is InChI=1S/C16H22N4O2.C2H6/c21-20(22)15-3-1-13(2-4-15)18-9-16(10-18)11-19(12-16)14-5-7-17-8-6-14;1-2/h1-4,14,17H,5-12H2;1-2H3. The molecule has 24 heavy (non-hydrogen) atoms. The molecule has 3 aliphatic rings. The number of non-ortho nitro benzene ring substituents is 1. The topological polar surface area (TPSA) is 61.7 Å². The van der Waals surface area contributed by atoms with Gasteiger partial charge in [0.25, 0.3) is 5.69 Å². The first-order valence-corrected chi connectivity index (χ1v) is 9.09. The van der Waals surface area contributed by atoms with Crippen LogP contribution >= 0.6 is 0 Å². The van der Waals surface area contributed by atoms with E-state index in [2.05, 4.69) is 15.1 Å². The molecule has 0 aromatic heterocycles. The van der Waals surface area contributed by atoms with Gasteiger partial charge in [-0.1, -0.05) is 13.8 Å². The normalized spacial score (nSPS) is 23.0. The van der Waals surface area contributed by atoms with Gasteiger partial charge < -0.3 is 10.2 Å². The Balaban J connectivity index is 0.000000815. The summed E-state index contributed by atoms with van der Waals surface area (Å²) in [7, 11) is 0. The molecule has 4 rings (SSSR count). The van der Waals surface area contributed by atoms with Gasteiger partial charge in [0, 0.05) is 55.5 Å². The van der Waals surface area contributed by atoms with Crippen molar-refractivity contribution in [2.75, 3.05) is 44.2 Å². The number of piperidine rings is 1. The zero-order valence-corrected chi connectivity index (χ0v) is 14.7. The molecule has 1 aromatic carbocycles. The van der Waals surface area contributed by atoms with Crippen LogP contribution in [0, 0.1) is 15.5 Å². The van der Waals surface area contributed by atoms with Gasteiger partial charge in [-0.15, -0.1) is 0 Å². The van der Waals surface area contributed by atoms with Gasteiger partial charge >= 0.3 is 0 Å². The lowest BCUT2D eigenvalue weighted by Gasteiger charge is -2.63. The molecule has 0 amide bonds. The highest BCUT2D eigenvalue weighted by molar-refractivity contribution is 5.54. The maximum absolute atomic E-state index is 10.7.